The maximum absolute atomic E-state index is 8.83. The highest BCUT2D eigenvalue weighted by Gasteiger charge is 2.13. The van der Waals surface area contributed by atoms with E-state index in [1.165, 1.54) is 5.56 Å². The van der Waals surface area contributed by atoms with Crippen LogP contribution in [0, 0.1) is 0 Å². The summed E-state index contributed by atoms with van der Waals surface area (Å²) in [5, 5.41) is 8.83. The number of rotatable bonds is 7. The molecule has 5 aromatic carbocycles. The van der Waals surface area contributed by atoms with Crippen molar-refractivity contribution in [2.45, 2.75) is 0 Å². The van der Waals surface area contributed by atoms with E-state index in [0.717, 1.165) is 33.4 Å². The summed E-state index contributed by atoms with van der Waals surface area (Å²) in [6, 6.07) is 44.2. The Labute approximate surface area is 227 Å². The molecule has 0 unspecified atom stereocenters. The van der Waals surface area contributed by atoms with Gasteiger partial charge in [0.1, 0.15) is 5.75 Å². The summed E-state index contributed by atoms with van der Waals surface area (Å²) < 4.78 is 5.01. The molecule has 0 atom stereocenters. The molecule has 1 N–H and O–H groups in total. The van der Waals surface area contributed by atoms with Crippen molar-refractivity contribution in [3.8, 4) is 62.2 Å². The van der Waals surface area contributed by atoms with E-state index in [9.17, 15) is 0 Å². The predicted molar refractivity (Wildman–Crippen MR) is 156 cm³/mol. The Morgan fingerprint density at radius 2 is 0.692 bits per heavy atom. The molecule has 0 aliphatic carbocycles. The molecule has 6 aromatic rings. The Morgan fingerprint density at radius 3 is 1.10 bits per heavy atom. The standard InChI is InChI=1S/C33H23BN3O2/c38-34-39-30-21-19-26(20-22-30)25-13-17-29(18-14-25)33-36-31(27-9-5-2-6-10-27)35-32(37-33)28-15-11-24(12-16-28)23-7-3-1-4-8-23/h1-22,38H. The maximum atomic E-state index is 8.83. The van der Waals surface area contributed by atoms with Crippen LogP contribution in [0.25, 0.3) is 56.4 Å². The molecule has 0 saturated heterocycles. The van der Waals surface area contributed by atoms with Crippen LogP contribution in [0.2, 0.25) is 0 Å². The van der Waals surface area contributed by atoms with E-state index in [0.29, 0.717) is 30.9 Å². The van der Waals surface area contributed by atoms with Crippen LogP contribution in [-0.4, -0.2) is 27.7 Å². The van der Waals surface area contributed by atoms with Gasteiger partial charge in [-0.15, -0.1) is 0 Å². The number of aromatic nitrogens is 3. The van der Waals surface area contributed by atoms with Crippen LogP contribution >= 0.6 is 0 Å². The van der Waals surface area contributed by atoms with E-state index in [4.69, 9.17) is 24.6 Å². The minimum absolute atomic E-state index is 0.570. The first-order chi connectivity index (χ1) is 19.3. The molecule has 5 nitrogen and oxygen atoms in total. The average molecular weight is 504 g/mol. The summed E-state index contributed by atoms with van der Waals surface area (Å²) >= 11 is 0. The number of hydrogen-bond donors (Lipinski definition) is 1. The van der Waals surface area contributed by atoms with E-state index in [-0.39, 0.29) is 0 Å². The smallest absolute Gasteiger partial charge is 0.537 e. The molecule has 0 spiro atoms. The van der Waals surface area contributed by atoms with Gasteiger partial charge >= 0.3 is 7.69 Å². The van der Waals surface area contributed by atoms with Gasteiger partial charge in [-0.05, 0) is 34.4 Å². The van der Waals surface area contributed by atoms with Gasteiger partial charge in [-0.1, -0.05) is 121 Å². The molecule has 6 heteroatoms. The lowest BCUT2D eigenvalue weighted by Crippen LogP contribution is -2.00. The first-order valence-electron chi connectivity index (χ1n) is 12.6. The summed E-state index contributed by atoms with van der Waals surface area (Å²) in [7, 11) is 0.675. The summed E-state index contributed by atoms with van der Waals surface area (Å²) in [4.78, 5) is 14.5. The lowest BCUT2D eigenvalue weighted by atomic mass is 10.0. The number of hydrogen-bond acceptors (Lipinski definition) is 5. The van der Waals surface area contributed by atoms with Crippen molar-refractivity contribution >= 4 is 7.69 Å². The highest BCUT2D eigenvalue weighted by Crippen LogP contribution is 2.29. The first-order valence-corrected chi connectivity index (χ1v) is 12.6. The molecule has 185 valence electrons. The lowest BCUT2D eigenvalue weighted by Gasteiger charge is -2.10. The molecular weight excluding hydrogens is 481 g/mol. The van der Waals surface area contributed by atoms with E-state index < -0.39 is 0 Å². The maximum Gasteiger partial charge on any atom is 0.569 e. The largest absolute Gasteiger partial charge is 0.569 e. The van der Waals surface area contributed by atoms with Gasteiger partial charge < -0.3 is 9.68 Å². The summed E-state index contributed by atoms with van der Waals surface area (Å²) in [5.41, 5.74) is 7.15. The molecule has 1 aromatic heterocycles. The third-order valence-corrected chi connectivity index (χ3v) is 6.44. The minimum Gasteiger partial charge on any atom is -0.537 e. The molecule has 0 bridgehead atoms. The van der Waals surface area contributed by atoms with Gasteiger partial charge in [-0.2, -0.15) is 0 Å². The van der Waals surface area contributed by atoms with Crippen molar-refractivity contribution in [3.05, 3.63) is 133 Å². The second-order valence-corrected chi connectivity index (χ2v) is 8.94. The van der Waals surface area contributed by atoms with Gasteiger partial charge in [0.15, 0.2) is 17.5 Å². The van der Waals surface area contributed by atoms with Crippen molar-refractivity contribution in [3.63, 3.8) is 0 Å². The van der Waals surface area contributed by atoms with Crippen molar-refractivity contribution in [2.75, 3.05) is 0 Å². The molecule has 39 heavy (non-hydrogen) atoms. The number of nitrogens with zero attached hydrogens (tertiary/aromatic N) is 3. The quantitative estimate of drug-likeness (QED) is 0.235. The number of benzene rings is 5. The van der Waals surface area contributed by atoms with Gasteiger partial charge in [0, 0.05) is 16.7 Å². The highest BCUT2D eigenvalue weighted by atomic mass is 16.5. The zero-order valence-electron chi connectivity index (χ0n) is 21.0. The Hall–Kier alpha value is -5.07. The van der Waals surface area contributed by atoms with E-state index in [1.54, 1.807) is 0 Å². The van der Waals surface area contributed by atoms with Crippen LogP contribution in [0.5, 0.6) is 5.75 Å². The van der Waals surface area contributed by atoms with Crippen LogP contribution in [0.4, 0.5) is 0 Å². The zero-order chi connectivity index (χ0) is 26.4. The monoisotopic (exact) mass is 504 g/mol. The van der Waals surface area contributed by atoms with Gasteiger partial charge in [0.25, 0.3) is 0 Å². The third kappa shape index (κ3) is 5.47. The average Bonchev–Trinajstić information content (AvgIpc) is 3.02. The van der Waals surface area contributed by atoms with Gasteiger partial charge in [-0.3, -0.25) is 0 Å². The van der Waals surface area contributed by atoms with Crippen LogP contribution in [0.1, 0.15) is 0 Å². The second-order valence-electron chi connectivity index (χ2n) is 8.94. The predicted octanol–water partition coefficient (Wildman–Crippen LogP) is 7.11. The molecule has 6 rings (SSSR count). The van der Waals surface area contributed by atoms with Crippen molar-refractivity contribution in [1.29, 1.82) is 0 Å². The molecule has 0 amide bonds. The molecule has 0 aliphatic rings. The second kappa shape index (κ2) is 11.1. The van der Waals surface area contributed by atoms with Crippen molar-refractivity contribution in [2.24, 2.45) is 0 Å². The van der Waals surface area contributed by atoms with E-state index >= 15 is 0 Å². The van der Waals surface area contributed by atoms with Gasteiger partial charge in [0.2, 0.25) is 0 Å². The normalized spacial score (nSPS) is 10.7. The molecule has 1 radical (unpaired) electrons. The highest BCUT2D eigenvalue weighted by molar-refractivity contribution is 6.17. The lowest BCUT2D eigenvalue weighted by molar-refractivity contribution is 0.454. The van der Waals surface area contributed by atoms with Crippen LogP contribution < -0.4 is 4.65 Å². The zero-order valence-corrected chi connectivity index (χ0v) is 21.0. The Morgan fingerprint density at radius 1 is 0.385 bits per heavy atom. The minimum atomic E-state index is 0.570. The van der Waals surface area contributed by atoms with Crippen LogP contribution in [0.15, 0.2) is 133 Å². The molecule has 0 aliphatic heterocycles. The van der Waals surface area contributed by atoms with Crippen molar-refractivity contribution in [1.82, 2.24) is 15.0 Å². The first kappa shape index (κ1) is 24.3. The fraction of sp³-hybridized carbons (Fsp3) is 0. The topological polar surface area (TPSA) is 68.1 Å². The molecule has 1 heterocycles. The summed E-state index contributed by atoms with van der Waals surface area (Å²) in [5.74, 6) is 2.43. The van der Waals surface area contributed by atoms with Crippen molar-refractivity contribution < 1.29 is 9.68 Å². The molecule has 0 saturated carbocycles. The Kier molecular flexibility index (Phi) is 6.93. The fourth-order valence-corrected chi connectivity index (χ4v) is 4.39. The SMILES string of the molecule is O[B]Oc1ccc(-c2ccc(-c3nc(-c4ccccc4)nc(-c4ccc(-c5ccccc5)cc4)n3)cc2)cc1. The van der Waals surface area contributed by atoms with E-state index in [1.807, 2.05) is 97.1 Å². The van der Waals surface area contributed by atoms with Gasteiger partial charge in [0.05, 0.1) is 0 Å². The Bertz CT molecular complexity index is 1680. The molecule has 0 fully saturated rings. The third-order valence-electron chi connectivity index (χ3n) is 6.44. The summed E-state index contributed by atoms with van der Waals surface area (Å²) in [6.45, 7) is 0. The summed E-state index contributed by atoms with van der Waals surface area (Å²) in [6.07, 6.45) is 0. The van der Waals surface area contributed by atoms with Gasteiger partial charge in [-0.25, -0.2) is 15.0 Å². The van der Waals surface area contributed by atoms with Crippen LogP contribution in [0.3, 0.4) is 0 Å². The van der Waals surface area contributed by atoms with E-state index in [2.05, 4.69) is 36.4 Å². The van der Waals surface area contributed by atoms with Crippen LogP contribution in [-0.2, 0) is 0 Å². The Balaban J connectivity index is 1.36. The molecular formula is C33H23BN3O2. The fourth-order valence-electron chi connectivity index (χ4n) is 4.39.